The van der Waals surface area contributed by atoms with Gasteiger partial charge in [-0.15, -0.1) is 0 Å². The van der Waals surface area contributed by atoms with Gasteiger partial charge in [-0.1, -0.05) is 36.4 Å². The van der Waals surface area contributed by atoms with Crippen molar-refractivity contribution in [3.05, 3.63) is 114 Å². The van der Waals surface area contributed by atoms with Crippen LogP contribution in [0.15, 0.2) is 107 Å². The van der Waals surface area contributed by atoms with E-state index in [2.05, 4.69) is 14.8 Å². The molecular formula is C27H25N3O5S2. The third-order valence-corrected chi connectivity index (χ3v) is 8.38. The summed E-state index contributed by atoms with van der Waals surface area (Å²) in [5.41, 5.74) is 2.73. The molecule has 0 atom stereocenters. The first-order valence-corrected chi connectivity index (χ1v) is 14.2. The highest BCUT2D eigenvalue weighted by atomic mass is 32.2. The number of benzene rings is 4. The van der Waals surface area contributed by atoms with Gasteiger partial charge >= 0.3 is 0 Å². The molecule has 0 bridgehead atoms. The molecule has 10 heteroatoms. The molecule has 4 aromatic rings. The predicted octanol–water partition coefficient (Wildman–Crippen LogP) is 5.16. The van der Waals surface area contributed by atoms with Gasteiger partial charge in [0, 0.05) is 22.6 Å². The van der Waals surface area contributed by atoms with E-state index in [0.29, 0.717) is 22.6 Å². The molecule has 0 saturated heterocycles. The molecule has 4 rings (SSSR count). The fraction of sp³-hybridized carbons (Fsp3) is 0.0741. The summed E-state index contributed by atoms with van der Waals surface area (Å²) in [6.45, 7) is 3.50. The Morgan fingerprint density at radius 3 is 1.95 bits per heavy atom. The lowest BCUT2D eigenvalue weighted by Gasteiger charge is -2.13. The highest BCUT2D eigenvalue weighted by molar-refractivity contribution is 7.93. The molecular weight excluding hydrogens is 510 g/mol. The number of anilines is 3. The Balaban J connectivity index is 1.50. The minimum Gasteiger partial charge on any atom is -0.322 e. The van der Waals surface area contributed by atoms with Crippen LogP contribution in [-0.4, -0.2) is 22.7 Å². The van der Waals surface area contributed by atoms with Crippen LogP contribution in [0, 0.1) is 13.8 Å². The van der Waals surface area contributed by atoms with E-state index in [-0.39, 0.29) is 15.4 Å². The zero-order valence-corrected chi connectivity index (χ0v) is 21.7. The van der Waals surface area contributed by atoms with Crippen LogP contribution >= 0.6 is 0 Å². The molecule has 1 amide bonds. The van der Waals surface area contributed by atoms with E-state index < -0.39 is 26.0 Å². The van der Waals surface area contributed by atoms with Crippen molar-refractivity contribution in [2.45, 2.75) is 23.6 Å². The lowest BCUT2D eigenvalue weighted by Crippen LogP contribution is -2.17. The second-order valence-electron chi connectivity index (χ2n) is 8.41. The molecule has 0 radical (unpaired) electrons. The Morgan fingerprint density at radius 2 is 1.27 bits per heavy atom. The van der Waals surface area contributed by atoms with Crippen LogP contribution in [0.4, 0.5) is 17.1 Å². The second kappa shape index (κ2) is 10.5. The Hall–Kier alpha value is -4.15. The average molecular weight is 536 g/mol. The van der Waals surface area contributed by atoms with Gasteiger partial charge in [0.2, 0.25) is 0 Å². The van der Waals surface area contributed by atoms with Crippen molar-refractivity contribution in [2.24, 2.45) is 0 Å². The summed E-state index contributed by atoms with van der Waals surface area (Å²) in [5, 5.41) is 2.67. The maximum Gasteiger partial charge on any atom is 0.262 e. The van der Waals surface area contributed by atoms with Crippen molar-refractivity contribution < 1.29 is 21.6 Å². The number of para-hydroxylation sites is 1. The summed E-state index contributed by atoms with van der Waals surface area (Å²) in [4.78, 5) is 12.9. The molecule has 0 fully saturated rings. The molecule has 0 spiro atoms. The van der Waals surface area contributed by atoms with Crippen LogP contribution in [-0.2, 0) is 20.0 Å². The number of sulfonamides is 2. The van der Waals surface area contributed by atoms with Gasteiger partial charge in [-0.25, -0.2) is 16.8 Å². The summed E-state index contributed by atoms with van der Waals surface area (Å²) in [6.07, 6.45) is 0. The molecule has 0 unspecified atom stereocenters. The maximum atomic E-state index is 13.0. The van der Waals surface area contributed by atoms with E-state index in [1.54, 1.807) is 61.5 Å². The maximum absolute atomic E-state index is 13.0. The fourth-order valence-electron chi connectivity index (χ4n) is 3.59. The van der Waals surface area contributed by atoms with Crippen LogP contribution in [0.2, 0.25) is 0 Å². The lowest BCUT2D eigenvalue weighted by atomic mass is 10.1. The SMILES string of the molecule is Cc1cccc(NS(=O)(=O)c2cc(C(=O)Nc3ccc(S(=O)(=O)Nc4ccccc4)cc3)ccc2C)c1. The van der Waals surface area contributed by atoms with Gasteiger partial charge in [-0.3, -0.25) is 14.2 Å². The zero-order chi connectivity index (χ0) is 26.6. The first kappa shape index (κ1) is 25.9. The number of carbonyl (C=O) groups excluding carboxylic acids is 1. The average Bonchev–Trinajstić information content (AvgIpc) is 2.84. The predicted molar refractivity (Wildman–Crippen MR) is 145 cm³/mol. The Bertz CT molecular complexity index is 1650. The van der Waals surface area contributed by atoms with Crippen LogP contribution in [0.1, 0.15) is 21.5 Å². The summed E-state index contributed by atoms with van der Waals surface area (Å²) >= 11 is 0. The summed E-state index contributed by atoms with van der Waals surface area (Å²) in [7, 11) is -7.74. The van der Waals surface area contributed by atoms with Gasteiger partial charge in [-0.05, 0) is 85.6 Å². The monoisotopic (exact) mass is 535 g/mol. The number of rotatable bonds is 8. The van der Waals surface area contributed by atoms with Gasteiger partial charge in [0.05, 0.1) is 9.79 Å². The topological polar surface area (TPSA) is 121 Å². The summed E-state index contributed by atoms with van der Waals surface area (Å²) < 4.78 is 56.3. The van der Waals surface area contributed by atoms with Crippen molar-refractivity contribution in [3.63, 3.8) is 0 Å². The quantitative estimate of drug-likeness (QED) is 0.288. The number of nitrogens with one attached hydrogen (secondary N) is 3. The molecule has 0 aromatic heterocycles. The second-order valence-corrected chi connectivity index (χ2v) is 11.7. The van der Waals surface area contributed by atoms with E-state index in [1.807, 2.05) is 13.0 Å². The van der Waals surface area contributed by atoms with Gasteiger partial charge in [-0.2, -0.15) is 0 Å². The van der Waals surface area contributed by atoms with E-state index in [0.717, 1.165) is 5.56 Å². The molecule has 0 aliphatic rings. The molecule has 37 heavy (non-hydrogen) atoms. The Morgan fingerprint density at radius 1 is 0.622 bits per heavy atom. The molecule has 0 saturated carbocycles. The number of hydrogen-bond acceptors (Lipinski definition) is 5. The van der Waals surface area contributed by atoms with Crippen molar-refractivity contribution in [1.29, 1.82) is 0 Å². The lowest BCUT2D eigenvalue weighted by molar-refractivity contribution is 0.102. The normalized spacial score (nSPS) is 11.5. The third-order valence-electron chi connectivity index (χ3n) is 5.46. The van der Waals surface area contributed by atoms with Crippen LogP contribution < -0.4 is 14.8 Å². The third kappa shape index (κ3) is 6.35. The summed E-state index contributed by atoms with van der Waals surface area (Å²) in [6, 6.07) is 25.5. The van der Waals surface area contributed by atoms with Crippen molar-refractivity contribution in [3.8, 4) is 0 Å². The van der Waals surface area contributed by atoms with Gasteiger partial charge in [0.1, 0.15) is 0 Å². The molecule has 0 heterocycles. The van der Waals surface area contributed by atoms with Gasteiger partial charge in [0.25, 0.3) is 26.0 Å². The molecule has 0 aliphatic heterocycles. The van der Waals surface area contributed by atoms with E-state index >= 15 is 0 Å². The van der Waals surface area contributed by atoms with Crippen molar-refractivity contribution >= 4 is 43.0 Å². The molecule has 190 valence electrons. The first-order chi connectivity index (χ1) is 17.5. The Kier molecular flexibility index (Phi) is 7.33. The molecule has 3 N–H and O–H groups in total. The fourth-order valence-corrected chi connectivity index (χ4v) is 5.97. The highest BCUT2D eigenvalue weighted by Gasteiger charge is 2.20. The first-order valence-electron chi connectivity index (χ1n) is 11.2. The van der Waals surface area contributed by atoms with Crippen LogP contribution in [0.5, 0.6) is 0 Å². The van der Waals surface area contributed by atoms with Crippen molar-refractivity contribution in [1.82, 2.24) is 0 Å². The smallest absolute Gasteiger partial charge is 0.262 e. The minimum atomic E-state index is -3.94. The van der Waals surface area contributed by atoms with Gasteiger partial charge < -0.3 is 5.32 Å². The highest BCUT2D eigenvalue weighted by Crippen LogP contribution is 2.23. The van der Waals surface area contributed by atoms with Crippen LogP contribution in [0.3, 0.4) is 0 Å². The minimum absolute atomic E-state index is 0.0184. The van der Waals surface area contributed by atoms with E-state index in [1.165, 1.54) is 36.4 Å². The molecule has 8 nitrogen and oxygen atoms in total. The largest absolute Gasteiger partial charge is 0.322 e. The standard InChI is InChI=1S/C27H25N3O5S2/c1-19-7-6-10-24(17-19)30-37(34,35)26-18-21(12-11-20(26)2)27(31)28-22-13-15-25(16-14-22)36(32,33)29-23-8-4-3-5-9-23/h3-18,29-30H,1-2H3,(H,28,31). The molecule has 0 aliphatic carbocycles. The number of carbonyl (C=O) groups is 1. The van der Waals surface area contributed by atoms with Gasteiger partial charge in [0.15, 0.2) is 0 Å². The Labute approximate surface area is 216 Å². The van der Waals surface area contributed by atoms with Crippen molar-refractivity contribution in [2.75, 3.05) is 14.8 Å². The number of hydrogen-bond donors (Lipinski definition) is 3. The van der Waals surface area contributed by atoms with E-state index in [9.17, 15) is 21.6 Å². The van der Waals surface area contributed by atoms with E-state index in [4.69, 9.17) is 0 Å². The number of aryl methyl sites for hydroxylation is 2. The summed E-state index contributed by atoms with van der Waals surface area (Å²) in [5.74, 6) is -0.537. The molecule has 4 aromatic carbocycles. The number of amides is 1. The zero-order valence-electron chi connectivity index (χ0n) is 20.1. The van der Waals surface area contributed by atoms with Crippen LogP contribution in [0.25, 0.3) is 0 Å².